The van der Waals surface area contributed by atoms with Crippen molar-refractivity contribution in [1.29, 1.82) is 0 Å². The molecular formula is C24H15N2O6S2-. The molecule has 0 amide bonds. The summed E-state index contributed by atoms with van der Waals surface area (Å²) in [7, 11) is -8.82. The van der Waals surface area contributed by atoms with Gasteiger partial charge in [-0.3, -0.25) is 14.5 Å². The van der Waals surface area contributed by atoms with Crippen LogP contribution in [-0.2, 0) is 20.2 Å². The summed E-state index contributed by atoms with van der Waals surface area (Å²) in [5, 5.41) is 1.59. The van der Waals surface area contributed by atoms with E-state index < -0.39 is 20.2 Å². The molecule has 0 unspecified atom stereocenters. The molecule has 8 nitrogen and oxygen atoms in total. The highest BCUT2D eigenvalue weighted by molar-refractivity contribution is 7.86. The third-order valence-corrected chi connectivity index (χ3v) is 7.26. The third kappa shape index (κ3) is 3.93. The number of aromatic nitrogens is 2. The lowest BCUT2D eigenvalue weighted by Crippen LogP contribution is -1.98. The number of benzene rings is 3. The Hall–Kier alpha value is -3.70. The van der Waals surface area contributed by atoms with Crippen molar-refractivity contribution in [2.24, 2.45) is 0 Å². The normalized spacial score (nSPS) is 12.3. The lowest BCUT2D eigenvalue weighted by molar-refractivity contribution is 0.463. The molecule has 1 N–H and O–H groups in total. The van der Waals surface area contributed by atoms with Crippen LogP contribution in [-0.4, -0.2) is 35.9 Å². The molecule has 0 atom stereocenters. The van der Waals surface area contributed by atoms with Gasteiger partial charge in [0.2, 0.25) is 0 Å². The van der Waals surface area contributed by atoms with E-state index in [1.54, 1.807) is 42.7 Å². The van der Waals surface area contributed by atoms with E-state index in [0.717, 1.165) is 33.0 Å². The largest absolute Gasteiger partial charge is 0.744 e. The van der Waals surface area contributed by atoms with Gasteiger partial charge in [0.25, 0.3) is 10.1 Å². The molecule has 2 aromatic heterocycles. The second-order valence-electron chi connectivity index (χ2n) is 7.55. The van der Waals surface area contributed by atoms with Crippen molar-refractivity contribution in [2.45, 2.75) is 9.79 Å². The fraction of sp³-hybridized carbons (Fsp3) is 0. The first-order valence-corrected chi connectivity index (χ1v) is 12.8. The Labute approximate surface area is 195 Å². The first-order chi connectivity index (χ1) is 16.1. The number of pyridine rings is 2. The standard InChI is InChI=1S/C24H16N2O6S2/c27-33(28,29)17-5-1-15(2-6-17)19-11-13-25-23-21(19)9-10-22-20(12-14-26-24(22)23)16-3-7-18(8-4-16)34(30,31)32/h1-14H,(H,27,28,29)(H,30,31,32)/p-1. The lowest BCUT2D eigenvalue weighted by Gasteiger charge is -2.12. The topological polar surface area (TPSA) is 137 Å². The van der Waals surface area contributed by atoms with Gasteiger partial charge < -0.3 is 4.55 Å². The highest BCUT2D eigenvalue weighted by Gasteiger charge is 2.14. The molecule has 0 spiro atoms. The fourth-order valence-electron chi connectivity index (χ4n) is 3.94. The summed E-state index contributed by atoms with van der Waals surface area (Å²) in [6.07, 6.45) is 3.26. The maximum absolute atomic E-state index is 11.3. The van der Waals surface area contributed by atoms with Gasteiger partial charge in [-0.15, -0.1) is 0 Å². The minimum Gasteiger partial charge on any atom is -0.744 e. The smallest absolute Gasteiger partial charge is 0.294 e. The van der Waals surface area contributed by atoms with E-state index in [9.17, 15) is 25.9 Å². The number of nitrogens with zero attached hydrogens (tertiary/aromatic N) is 2. The van der Waals surface area contributed by atoms with Crippen LogP contribution in [0.15, 0.2) is 95.0 Å². The van der Waals surface area contributed by atoms with Crippen LogP contribution in [0.3, 0.4) is 0 Å². The Morgan fingerprint density at radius 2 is 1.00 bits per heavy atom. The van der Waals surface area contributed by atoms with E-state index in [4.69, 9.17) is 0 Å². The molecule has 5 aromatic rings. The molecule has 0 saturated carbocycles. The number of rotatable bonds is 4. The Kier molecular flexibility index (Phi) is 5.18. The van der Waals surface area contributed by atoms with Gasteiger partial charge >= 0.3 is 0 Å². The molecule has 3 aromatic carbocycles. The van der Waals surface area contributed by atoms with Gasteiger partial charge in [-0.05, 0) is 58.7 Å². The van der Waals surface area contributed by atoms with E-state index >= 15 is 0 Å². The Balaban J connectivity index is 1.67. The summed E-state index contributed by atoms with van der Waals surface area (Å²) < 4.78 is 65.6. The fourth-order valence-corrected chi connectivity index (χ4v) is 4.89. The van der Waals surface area contributed by atoms with Crippen LogP contribution < -0.4 is 0 Å². The molecule has 34 heavy (non-hydrogen) atoms. The summed E-state index contributed by atoms with van der Waals surface area (Å²) >= 11 is 0. The molecule has 0 fully saturated rings. The molecule has 170 valence electrons. The molecule has 0 bridgehead atoms. The van der Waals surface area contributed by atoms with Gasteiger partial charge in [0, 0.05) is 23.2 Å². The van der Waals surface area contributed by atoms with Gasteiger partial charge in [-0.1, -0.05) is 36.4 Å². The Morgan fingerprint density at radius 3 is 1.38 bits per heavy atom. The predicted molar refractivity (Wildman–Crippen MR) is 126 cm³/mol. The second-order valence-corrected chi connectivity index (χ2v) is 10.4. The minimum atomic E-state index is -4.53. The van der Waals surface area contributed by atoms with Crippen molar-refractivity contribution in [3.8, 4) is 22.3 Å². The predicted octanol–water partition coefficient (Wildman–Crippen LogP) is 4.27. The van der Waals surface area contributed by atoms with Crippen molar-refractivity contribution in [3.63, 3.8) is 0 Å². The van der Waals surface area contributed by atoms with Gasteiger partial charge in [-0.2, -0.15) is 8.42 Å². The van der Waals surface area contributed by atoms with Crippen molar-refractivity contribution in [1.82, 2.24) is 9.97 Å². The van der Waals surface area contributed by atoms with Crippen LogP contribution in [0.25, 0.3) is 44.1 Å². The van der Waals surface area contributed by atoms with Gasteiger partial charge in [0.05, 0.1) is 20.8 Å². The molecule has 0 radical (unpaired) electrons. The van der Waals surface area contributed by atoms with E-state index in [2.05, 4.69) is 9.97 Å². The molecular weight excluding hydrogens is 476 g/mol. The van der Waals surface area contributed by atoms with Crippen LogP contribution in [0, 0.1) is 0 Å². The maximum atomic E-state index is 11.3. The first kappa shape index (κ1) is 22.1. The zero-order chi connectivity index (χ0) is 24.1. The van der Waals surface area contributed by atoms with Crippen molar-refractivity contribution in [3.05, 3.63) is 85.2 Å². The Bertz CT molecular complexity index is 1650. The maximum Gasteiger partial charge on any atom is 0.294 e. The molecule has 0 aliphatic carbocycles. The average molecular weight is 492 g/mol. The Morgan fingerprint density at radius 1 is 0.588 bits per heavy atom. The summed E-state index contributed by atoms with van der Waals surface area (Å²) in [4.78, 5) is 8.54. The molecule has 0 aliphatic heterocycles. The summed E-state index contributed by atoms with van der Waals surface area (Å²) in [6, 6.07) is 19.0. The van der Waals surface area contributed by atoms with E-state index in [1.807, 2.05) is 18.2 Å². The number of hydrogen-bond acceptors (Lipinski definition) is 7. The first-order valence-electron chi connectivity index (χ1n) is 9.94. The summed E-state index contributed by atoms with van der Waals surface area (Å²) in [6.45, 7) is 0. The highest BCUT2D eigenvalue weighted by atomic mass is 32.2. The quantitative estimate of drug-likeness (QED) is 0.291. The number of fused-ring (bicyclic) bond motifs is 3. The van der Waals surface area contributed by atoms with E-state index in [-0.39, 0.29) is 9.79 Å². The van der Waals surface area contributed by atoms with Crippen LogP contribution in [0.1, 0.15) is 0 Å². The number of hydrogen-bond donors (Lipinski definition) is 1. The second kappa shape index (κ2) is 7.96. The van der Waals surface area contributed by atoms with Gasteiger partial charge in [0.15, 0.2) is 0 Å². The monoisotopic (exact) mass is 491 g/mol. The molecule has 5 rings (SSSR count). The molecule has 10 heteroatoms. The van der Waals surface area contributed by atoms with E-state index in [0.29, 0.717) is 11.0 Å². The summed E-state index contributed by atoms with van der Waals surface area (Å²) in [5.41, 5.74) is 4.33. The van der Waals surface area contributed by atoms with Crippen molar-refractivity contribution < 1.29 is 25.9 Å². The molecule has 0 aliphatic rings. The zero-order valence-electron chi connectivity index (χ0n) is 17.3. The van der Waals surface area contributed by atoms with Crippen molar-refractivity contribution in [2.75, 3.05) is 0 Å². The van der Waals surface area contributed by atoms with E-state index in [1.165, 1.54) is 24.3 Å². The highest BCUT2D eigenvalue weighted by Crippen LogP contribution is 2.35. The third-order valence-electron chi connectivity index (χ3n) is 5.54. The zero-order valence-corrected chi connectivity index (χ0v) is 18.9. The molecule has 0 saturated heterocycles. The van der Waals surface area contributed by atoms with Crippen LogP contribution in [0.4, 0.5) is 0 Å². The lowest BCUT2D eigenvalue weighted by atomic mass is 9.96. The minimum absolute atomic E-state index is 0.192. The van der Waals surface area contributed by atoms with Crippen LogP contribution in [0.2, 0.25) is 0 Å². The van der Waals surface area contributed by atoms with Gasteiger partial charge in [0.1, 0.15) is 10.1 Å². The molecule has 2 heterocycles. The van der Waals surface area contributed by atoms with Crippen molar-refractivity contribution >= 4 is 42.0 Å². The van der Waals surface area contributed by atoms with Crippen LogP contribution in [0.5, 0.6) is 0 Å². The average Bonchev–Trinajstić information content (AvgIpc) is 2.82. The van der Waals surface area contributed by atoms with Gasteiger partial charge in [-0.25, -0.2) is 8.42 Å². The van der Waals surface area contributed by atoms with Crippen LogP contribution >= 0.6 is 0 Å². The SMILES string of the molecule is O=S(=O)([O-])c1ccc(-c2ccnc3c2ccc2c(-c4ccc(S(=O)(=O)O)cc4)ccnc23)cc1. The summed E-state index contributed by atoms with van der Waals surface area (Å²) in [5.74, 6) is 0.